The molecule has 0 radical (unpaired) electrons. The van der Waals surface area contributed by atoms with Crippen LogP contribution in [0.1, 0.15) is 17.4 Å². The van der Waals surface area contributed by atoms with E-state index in [-0.39, 0.29) is 29.4 Å². The maximum Gasteiger partial charge on any atom is 0.235 e. The van der Waals surface area contributed by atoms with Crippen LogP contribution in [0, 0.1) is 6.92 Å². The molecule has 0 bridgehead atoms. The number of rotatable bonds is 9. The number of carbonyl (C=O) groups excluding carboxylic acids is 2. The Kier molecular flexibility index (Phi) is 7.68. The molecule has 0 fully saturated rings. The van der Waals surface area contributed by atoms with E-state index in [1.165, 1.54) is 11.8 Å². The molecule has 0 spiro atoms. The molecule has 1 unspecified atom stereocenters. The van der Waals surface area contributed by atoms with Crippen molar-refractivity contribution in [3.05, 3.63) is 47.7 Å². The highest BCUT2D eigenvalue weighted by Crippen LogP contribution is 2.16. The highest BCUT2D eigenvalue weighted by atomic mass is 32.2. The minimum Gasteiger partial charge on any atom is -0.360 e. The van der Waals surface area contributed by atoms with Crippen LogP contribution in [-0.4, -0.2) is 54.0 Å². The van der Waals surface area contributed by atoms with Crippen LogP contribution in [0.15, 0.2) is 40.9 Å². The third-order valence-electron chi connectivity index (χ3n) is 3.66. The van der Waals surface area contributed by atoms with E-state index in [1.54, 1.807) is 13.0 Å². The summed E-state index contributed by atoms with van der Waals surface area (Å²) in [7, 11) is 3.96. The Morgan fingerprint density at radius 2 is 1.88 bits per heavy atom. The molecule has 140 valence electrons. The van der Waals surface area contributed by atoms with E-state index in [2.05, 4.69) is 20.7 Å². The third kappa shape index (κ3) is 6.53. The summed E-state index contributed by atoms with van der Waals surface area (Å²) in [4.78, 5) is 25.9. The van der Waals surface area contributed by atoms with Crippen molar-refractivity contribution in [3.63, 3.8) is 0 Å². The van der Waals surface area contributed by atoms with Gasteiger partial charge in [0.1, 0.15) is 5.76 Å². The first kappa shape index (κ1) is 20.0. The molecule has 1 heterocycles. The van der Waals surface area contributed by atoms with Crippen LogP contribution >= 0.6 is 11.8 Å². The molecule has 0 aliphatic rings. The fraction of sp³-hybridized carbons (Fsp3) is 0.389. The molecule has 2 aromatic rings. The van der Waals surface area contributed by atoms with Crippen molar-refractivity contribution in [3.8, 4) is 0 Å². The van der Waals surface area contributed by atoms with Crippen molar-refractivity contribution in [2.75, 3.05) is 37.5 Å². The van der Waals surface area contributed by atoms with Crippen LogP contribution in [0.5, 0.6) is 0 Å². The first-order valence-electron chi connectivity index (χ1n) is 8.24. The van der Waals surface area contributed by atoms with Gasteiger partial charge in [-0.2, -0.15) is 0 Å². The molecule has 26 heavy (non-hydrogen) atoms. The molecule has 0 saturated heterocycles. The summed E-state index contributed by atoms with van der Waals surface area (Å²) in [5.74, 6) is 1.10. The molecular formula is C18H24N4O3S. The Morgan fingerprint density at radius 3 is 2.50 bits per heavy atom. The maximum atomic E-state index is 12.0. The summed E-state index contributed by atoms with van der Waals surface area (Å²) in [6, 6.07) is 11.8. The highest BCUT2D eigenvalue weighted by Gasteiger charge is 2.15. The molecule has 8 heteroatoms. The zero-order valence-corrected chi connectivity index (χ0v) is 16.0. The van der Waals surface area contributed by atoms with Crippen molar-refractivity contribution >= 4 is 29.4 Å². The van der Waals surface area contributed by atoms with Gasteiger partial charge in [-0.25, -0.2) is 0 Å². The zero-order chi connectivity index (χ0) is 18.9. The molecule has 2 amide bonds. The number of aryl methyl sites for hydroxylation is 1. The number of hydrogen-bond donors (Lipinski definition) is 2. The average molecular weight is 376 g/mol. The first-order chi connectivity index (χ1) is 12.5. The quantitative estimate of drug-likeness (QED) is 0.697. The summed E-state index contributed by atoms with van der Waals surface area (Å²) < 4.78 is 4.88. The van der Waals surface area contributed by atoms with Crippen LogP contribution < -0.4 is 10.6 Å². The fourth-order valence-electron chi connectivity index (χ4n) is 2.38. The number of aromatic nitrogens is 1. The van der Waals surface area contributed by atoms with Crippen LogP contribution in [0.4, 0.5) is 5.82 Å². The molecular weight excluding hydrogens is 352 g/mol. The number of carbonyl (C=O) groups is 2. The van der Waals surface area contributed by atoms with E-state index in [4.69, 9.17) is 4.52 Å². The van der Waals surface area contributed by atoms with Gasteiger partial charge in [-0.05, 0) is 26.6 Å². The standard InChI is InChI=1S/C18H24N4O3S/c1-13-9-16(21-25-13)20-18(24)12-26-11-17(23)19-10-15(22(2)3)14-7-5-4-6-8-14/h4-9,15H,10-12H2,1-3H3,(H,19,23)(H,20,21,24). The van der Waals surface area contributed by atoms with Crippen molar-refractivity contribution in [2.24, 2.45) is 0 Å². The fourth-order valence-corrected chi connectivity index (χ4v) is 3.02. The van der Waals surface area contributed by atoms with Crippen LogP contribution in [-0.2, 0) is 9.59 Å². The first-order valence-corrected chi connectivity index (χ1v) is 9.40. The summed E-state index contributed by atoms with van der Waals surface area (Å²) in [5, 5.41) is 9.24. The van der Waals surface area contributed by atoms with E-state index in [9.17, 15) is 9.59 Å². The molecule has 1 atom stereocenters. The molecule has 2 rings (SSSR count). The third-order valence-corrected chi connectivity index (χ3v) is 4.59. The zero-order valence-electron chi connectivity index (χ0n) is 15.2. The van der Waals surface area contributed by atoms with Gasteiger partial charge in [0.2, 0.25) is 11.8 Å². The predicted octanol–water partition coefficient (Wildman–Crippen LogP) is 2.07. The minimum atomic E-state index is -0.216. The van der Waals surface area contributed by atoms with Crippen LogP contribution in [0.2, 0.25) is 0 Å². The molecule has 1 aromatic heterocycles. The van der Waals surface area contributed by atoms with Gasteiger partial charge in [0, 0.05) is 12.6 Å². The molecule has 2 N–H and O–H groups in total. The van der Waals surface area contributed by atoms with Gasteiger partial charge in [0.05, 0.1) is 17.5 Å². The molecule has 0 saturated carbocycles. The molecule has 0 aliphatic carbocycles. The topological polar surface area (TPSA) is 87.5 Å². The number of hydrogen-bond acceptors (Lipinski definition) is 6. The van der Waals surface area contributed by atoms with Gasteiger partial charge >= 0.3 is 0 Å². The largest absolute Gasteiger partial charge is 0.360 e. The molecule has 7 nitrogen and oxygen atoms in total. The lowest BCUT2D eigenvalue weighted by atomic mass is 10.1. The lowest BCUT2D eigenvalue weighted by Gasteiger charge is -2.25. The lowest BCUT2D eigenvalue weighted by Crippen LogP contribution is -2.35. The van der Waals surface area contributed by atoms with E-state index >= 15 is 0 Å². The Hall–Kier alpha value is -2.32. The maximum absolute atomic E-state index is 12.0. The SMILES string of the molecule is Cc1cc(NC(=O)CSCC(=O)NCC(c2ccccc2)N(C)C)no1. The van der Waals surface area contributed by atoms with E-state index < -0.39 is 0 Å². The van der Waals surface area contributed by atoms with Gasteiger partial charge in [0.25, 0.3) is 0 Å². The summed E-state index contributed by atoms with van der Waals surface area (Å²) in [5.41, 5.74) is 1.15. The number of benzene rings is 1. The van der Waals surface area contributed by atoms with E-state index in [1.807, 2.05) is 44.4 Å². The summed E-state index contributed by atoms with van der Waals surface area (Å²) >= 11 is 1.26. The monoisotopic (exact) mass is 376 g/mol. The Morgan fingerprint density at radius 1 is 1.19 bits per heavy atom. The molecule has 0 aliphatic heterocycles. The molecule has 1 aromatic carbocycles. The average Bonchev–Trinajstić information content (AvgIpc) is 3.00. The lowest BCUT2D eigenvalue weighted by molar-refractivity contribution is -0.118. The van der Waals surface area contributed by atoms with Crippen LogP contribution in [0.3, 0.4) is 0 Å². The number of thioether (sulfide) groups is 1. The number of nitrogens with zero attached hydrogens (tertiary/aromatic N) is 2. The predicted molar refractivity (Wildman–Crippen MR) is 103 cm³/mol. The second-order valence-electron chi connectivity index (χ2n) is 6.06. The van der Waals surface area contributed by atoms with Gasteiger partial charge in [-0.15, -0.1) is 11.8 Å². The van der Waals surface area contributed by atoms with E-state index in [0.717, 1.165) is 5.56 Å². The normalized spacial score (nSPS) is 12.0. The summed E-state index contributed by atoms with van der Waals surface area (Å²) in [6.45, 7) is 2.26. The smallest absolute Gasteiger partial charge is 0.235 e. The van der Waals surface area contributed by atoms with Crippen molar-refractivity contribution in [2.45, 2.75) is 13.0 Å². The van der Waals surface area contributed by atoms with Gasteiger partial charge in [-0.1, -0.05) is 35.5 Å². The van der Waals surface area contributed by atoms with Gasteiger partial charge < -0.3 is 20.1 Å². The van der Waals surface area contributed by atoms with Crippen molar-refractivity contribution in [1.82, 2.24) is 15.4 Å². The van der Waals surface area contributed by atoms with Gasteiger partial charge in [0.15, 0.2) is 5.82 Å². The minimum absolute atomic E-state index is 0.0946. The second kappa shape index (κ2) is 9.98. The van der Waals surface area contributed by atoms with Crippen molar-refractivity contribution in [1.29, 1.82) is 0 Å². The Labute approximate surface area is 157 Å². The number of amides is 2. The Balaban J connectivity index is 1.70. The number of likely N-dealkylation sites (N-methyl/N-ethyl adjacent to an activating group) is 1. The van der Waals surface area contributed by atoms with Crippen molar-refractivity contribution < 1.29 is 14.1 Å². The Bertz CT molecular complexity index is 718. The highest BCUT2D eigenvalue weighted by molar-refractivity contribution is 8.00. The second-order valence-corrected chi connectivity index (χ2v) is 7.04. The van der Waals surface area contributed by atoms with Crippen LogP contribution in [0.25, 0.3) is 0 Å². The number of anilines is 1. The van der Waals surface area contributed by atoms with E-state index in [0.29, 0.717) is 18.1 Å². The van der Waals surface area contributed by atoms with Gasteiger partial charge in [-0.3, -0.25) is 9.59 Å². The number of nitrogens with one attached hydrogen (secondary N) is 2. The summed E-state index contributed by atoms with van der Waals surface area (Å²) in [6.07, 6.45) is 0.